The SMILES string of the molecule is CN=C(NCc1ccc(SC)cc1)N1CCC(C)(C)C1.I. The molecule has 0 spiro atoms. The van der Waals surface area contributed by atoms with Gasteiger partial charge in [0.1, 0.15) is 0 Å². The van der Waals surface area contributed by atoms with Crippen LogP contribution in [-0.4, -0.2) is 37.3 Å². The van der Waals surface area contributed by atoms with Crippen LogP contribution in [0, 0.1) is 5.41 Å². The van der Waals surface area contributed by atoms with Crippen molar-refractivity contribution in [3.8, 4) is 0 Å². The Morgan fingerprint density at radius 1 is 1.33 bits per heavy atom. The number of likely N-dealkylation sites (tertiary alicyclic amines) is 1. The molecule has 1 fully saturated rings. The lowest BCUT2D eigenvalue weighted by molar-refractivity contribution is 0.370. The van der Waals surface area contributed by atoms with Crippen LogP contribution in [0.15, 0.2) is 34.2 Å². The van der Waals surface area contributed by atoms with E-state index in [4.69, 9.17) is 0 Å². The molecule has 0 aliphatic carbocycles. The van der Waals surface area contributed by atoms with Crippen LogP contribution in [0.5, 0.6) is 0 Å². The van der Waals surface area contributed by atoms with Crippen molar-refractivity contribution >= 4 is 41.7 Å². The molecule has 1 saturated heterocycles. The first-order valence-electron chi connectivity index (χ1n) is 7.12. The molecule has 3 nitrogen and oxygen atoms in total. The number of nitrogens with zero attached hydrogens (tertiary/aromatic N) is 2. The second-order valence-electron chi connectivity index (χ2n) is 6.08. The van der Waals surface area contributed by atoms with Gasteiger partial charge in [0.05, 0.1) is 0 Å². The summed E-state index contributed by atoms with van der Waals surface area (Å²) >= 11 is 1.77. The molecule has 21 heavy (non-hydrogen) atoms. The summed E-state index contributed by atoms with van der Waals surface area (Å²) in [5.41, 5.74) is 1.69. The minimum atomic E-state index is 0. The van der Waals surface area contributed by atoms with Gasteiger partial charge in [0.25, 0.3) is 0 Å². The number of guanidine groups is 1. The van der Waals surface area contributed by atoms with Crippen LogP contribution in [0.2, 0.25) is 0 Å². The zero-order valence-electron chi connectivity index (χ0n) is 13.3. The zero-order valence-corrected chi connectivity index (χ0v) is 16.5. The van der Waals surface area contributed by atoms with Crippen LogP contribution in [0.4, 0.5) is 0 Å². The van der Waals surface area contributed by atoms with Gasteiger partial charge in [0, 0.05) is 31.6 Å². The number of rotatable bonds is 3. The van der Waals surface area contributed by atoms with Crippen molar-refractivity contribution in [2.45, 2.75) is 31.7 Å². The Bertz CT molecular complexity index is 471. The highest BCUT2D eigenvalue weighted by molar-refractivity contribution is 14.0. The third-order valence-corrected chi connectivity index (χ3v) is 4.54. The maximum absolute atomic E-state index is 4.41. The molecule has 0 aromatic heterocycles. The van der Waals surface area contributed by atoms with E-state index in [9.17, 15) is 0 Å². The Hall–Kier alpha value is -0.430. The molecule has 1 aromatic rings. The third-order valence-electron chi connectivity index (χ3n) is 3.80. The van der Waals surface area contributed by atoms with E-state index in [0.29, 0.717) is 5.41 Å². The Balaban J connectivity index is 0.00000220. The summed E-state index contributed by atoms with van der Waals surface area (Å²) in [5.74, 6) is 1.02. The molecule has 1 aliphatic rings. The van der Waals surface area contributed by atoms with Gasteiger partial charge in [-0.3, -0.25) is 4.99 Å². The monoisotopic (exact) mass is 419 g/mol. The van der Waals surface area contributed by atoms with Gasteiger partial charge < -0.3 is 10.2 Å². The average molecular weight is 419 g/mol. The molecular formula is C16H26IN3S. The number of benzene rings is 1. The molecule has 1 aliphatic heterocycles. The average Bonchev–Trinajstić information content (AvgIpc) is 2.80. The van der Waals surface area contributed by atoms with Gasteiger partial charge in [0.15, 0.2) is 5.96 Å². The molecule has 0 saturated carbocycles. The van der Waals surface area contributed by atoms with Crippen LogP contribution in [0.1, 0.15) is 25.8 Å². The largest absolute Gasteiger partial charge is 0.352 e. The molecule has 0 atom stereocenters. The first-order chi connectivity index (χ1) is 9.54. The minimum absolute atomic E-state index is 0. The topological polar surface area (TPSA) is 27.6 Å². The predicted octanol–water partition coefficient (Wildman–Crippen LogP) is 3.83. The van der Waals surface area contributed by atoms with Crippen molar-refractivity contribution in [1.29, 1.82) is 0 Å². The quantitative estimate of drug-likeness (QED) is 0.349. The molecule has 0 radical (unpaired) electrons. The summed E-state index contributed by atoms with van der Waals surface area (Å²) in [5, 5.41) is 3.47. The van der Waals surface area contributed by atoms with E-state index in [1.807, 2.05) is 7.05 Å². The number of nitrogens with one attached hydrogen (secondary N) is 1. The maximum Gasteiger partial charge on any atom is 0.193 e. The molecule has 5 heteroatoms. The van der Waals surface area contributed by atoms with Crippen molar-refractivity contribution in [3.05, 3.63) is 29.8 Å². The fraction of sp³-hybridized carbons (Fsp3) is 0.562. The molecule has 118 valence electrons. The van der Waals surface area contributed by atoms with Crippen molar-refractivity contribution < 1.29 is 0 Å². The molecule has 1 aromatic carbocycles. The van der Waals surface area contributed by atoms with Crippen LogP contribution in [0.3, 0.4) is 0 Å². The lowest BCUT2D eigenvalue weighted by Gasteiger charge is -2.23. The van der Waals surface area contributed by atoms with E-state index in [1.165, 1.54) is 16.9 Å². The minimum Gasteiger partial charge on any atom is -0.352 e. The number of hydrogen-bond acceptors (Lipinski definition) is 2. The normalized spacial score (nSPS) is 17.5. The summed E-state index contributed by atoms with van der Waals surface area (Å²) in [6.07, 6.45) is 3.33. The molecule has 0 bridgehead atoms. The maximum atomic E-state index is 4.41. The van der Waals surface area contributed by atoms with E-state index in [0.717, 1.165) is 25.6 Å². The van der Waals surface area contributed by atoms with E-state index in [2.05, 4.69) is 59.6 Å². The van der Waals surface area contributed by atoms with Gasteiger partial charge >= 0.3 is 0 Å². The van der Waals surface area contributed by atoms with Crippen molar-refractivity contribution in [2.24, 2.45) is 10.4 Å². The second-order valence-corrected chi connectivity index (χ2v) is 6.96. The van der Waals surface area contributed by atoms with E-state index in [-0.39, 0.29) is 24.0 Å². The van der Waals surface area contributed by atoms with Crippen molar-refractivity contribution in [3.63, 3.8) is 0 Å². The predicted molar refractivity (Wildman–Crippen MR) is 104 cm³/mol. The fourth-order valence-electron chi connectivity index (χ4n) is 2.55. The van der Waals surface area contributed by atoms with Crippen molar-refractivity contribution in [2.75, 3.05) is 26.4 Å². The van der Waals surface area contributed by atoms with Crippen LogP contribution in [-0.2, 0) is 6.54 Å². The van der Waals surface area contributed by atoms with Crippen LogP contribution in [0.25, 0.3) is 0 Å². The van der Waals surface area contributed by atoms with Crippen LogP contribution >= 0.6 is 35.7 Å². The van der Waals surface area contributed by atoms with E-state index in [1.54, 1.807) is 11.8 Å². The Morgan fingerprint density at radius 2 is 2.00 bits per heavy atom. The van der Waals surface area contributed by atoms with Gasteiger partial charge in [0.2, 0.25) is 0 Å². The molecule has 2 rings (SSSR count). The number of halogens is 1. The Morgan fingerprint density at radius 3 is 2.48 bits per heavy atom. The Labute approximate surface area is 150 Å². The van der Waals surface area contributed by atoms with Gasteiger partial charge in [-0.05, 0) is 35.8 Å². The highest BCUT2D eigenvalue weighted by Crippen LogP contribution is 2.28. The van der Waals surface area contributed by atoms with Crippen molar-refractivity contribution in [1.82, 2.24) is 10.2 Å². The number of thioether (sulfide) groups is 1. The van der Waals surface area contributed by atoms with Gasteiger partial charge in [-0.1, -0.05) is 26.0 Å². The number of hydrogen-bond donors (Lipinski definition) is 1. The summed E-state index contributed by atoms with van der Waals surface area (Å²) in [4.78, 5) is 8.07. The van der Waals surface area contributed by atoms with Gasteiger partial charge in [-0.2, -0.15) is 0 Å². The smallest absolute Gasteiger partial charge is 0.193 e. The van der Waals surface area contributed by atoms with E-state index >= 15 is 0 Å². The fourth-order valence-corrected chi connectivity index (χ4v) is 2.96. The summed E-state index contributed by atoms with van der Waals surface area (Å²) in [7, 11) is 1.87. The number of aliphatic imine (C=N–C) groups is 1. The first kappa shape index (κ1) is 18.6. The highest BCUT2D eigenvalue weighted by Gasteiger charge is 2.30. The first-order valence-corrected chi connectivity index (χ1v) is 8.35. The summed E-state index contributed by atoms with van der Waals surface area (Å²) in [6.45, 7) is 7.65. The Kier molecular flexibility index (Phi) is 7.33. The molecule has 0 unspecified atom stereocenters. The lowest BCUT2D eigenvalue weighted by Crippen LogP contribution is -2.40. The third kappa shape index (κ3) is 5.36. The zero-order chi connectivity index (χ0) is 14.6. The molecule has 0 amide bonds. The van der Waals surface area contributed by atoms with E-state index < -0.39 is 0 Å². The molecule has 1 N–H and O–H groups in total. The summed E-state index contributed by atoms with van der Waals surface area (Å²) in [6, 6.07) is 8.70. The highest BCUT2D eigenvalue weighted by atomic mass is 127. The van der Waals surface area contributed by atoms with Crippen LogP contribution < -0.4 is 5.32 Å². The van der Waals surface area contributed by atoms with Gasteiger partial charge in [-0.15, -0.1) is 35.7 Å². The standard InChI is InChI=1S/C16H25N3S.HI/c1-16(2)9-10-19(12-16)15(17-3)18-11-13-5-7-14(20-4)8-6-13;/h5-8H,9-12H2,1-4H3,(H,17,18);1H. The lowest BCUT2D eigenvalue weighted by atomic mass is 9.93. The molecular weight excluding hydrogens is 393 g/mol. The molecule has 1 heterocycles. The summed E-state index contributed by atoms with van der Waals surface area (Å²) < 4.78 is 0. The van der Waals surface area contributed by atoms with Gasteiger partial charge in [-0.25, -0.2) is 0 Å². The second kappa shape index (κ2) is 8.27.